The van der Waals surface area contributed by atoms with Crippen molar-refractivity contribution >= 4 is 17.6 Å². The lowest BCUT2D eigenvalue weighted by atomic mass is 10.0. The molecule has 0 bridgehead atoms. The summed E-state index contributed by atoms with van der Waals surface area (Å²) in [5.74, 6) is -0.365. The molecule has 0 fully saturated rings. The highest BCUT2D eigenvalue weighted by atomic mass is 16.5. The SMILES string of the molecule is COc1cccc(NC(=O)C(OC(=O)c2cccc(C)c2C)c2ccccc2)c1. The third-order valence-corrected chi connectivity index (χ3v) is 4.73. The summed E-state index contributed by atoms with van der Waals surface area (Å²) in [5.41, 5.74) is 3.40. The Balaban J connectivity index is 1.87. The average Bonchev–Trinajstić information content (AvgIpc) is 2.74. The maximum Gasteiger partial charge on any atom is 0.339 e. The van der Waals surface area contributed by atoms with Gasteiger partial charge in [-0.15, -0.1) is 0 Å². The van der Waals surface area contributed by atoms with Gasteiger partial charge in [0.2, 0.25) is 6.10 Å². The average molecular weight is 389 g/mol. The fourth-order valence-corrected chi connectivity index (χ4v) is 2.95. The molecule has 1 atom stereocenters. The Hall–Kier alpha value is -3.60. The molecule has 29 heavy (non-hydrogen) atoms. The number of anilines is 1. The quantitative estimate of drug-likeness (QED) is 0.612. The number of rotatable bonds is 6. The van der Waals surface area contributed by atoms with Crippen LogP contribution in [0.4, 0.5) is 5.69 Å². The van der Waals surface area contributed by atoms with E-state index in [2.05, 4.69) is 5.32 Å². The van der Waals surface area contributed by atoms with Crippen molar-refractivity contribution in [1.29, 1.82) is 0 Å². The fourth-order valence-electron chi connectivity index (χ4n) is 2.95. The lowest BCUT2D eigenvalue weighted by Crippen LogP contribution is -2.26. The number of carbonyl (C=O) groups excluding carboxylic acids is 2. The van der Waals surface area contributed by atoms with E-state index >= 15 is 0 Å². The van der Waals surface area contributed by atoms with Crippen LogP contribution in [0.25, 0.3) is 0 Å². The van der Waals surface area contributed by atoms with Gasteiger partial charge in [0, 0.05) is 17.3 Å². The standard InChI is InChI=1S/C24H23NO4/c1-16-9-7-14-21(17(16)2)24(27)29-22(18-10-5-4-6-11-18)23(26)25-19-12-8-13-20(15-19)28-3/h4-15,22H,1-3H3,(H,25,26). The van der Waals surface area contributed by atoms with E-state index in [0.29, 0.717) is 22.6 Å². The summed E-state index contributed by atoms with van der Waals surface area (Å²) in [5, 5.41) is 2.80. The van der Waals surface area contributed by atoms with Crippen molar-refractivity contribution in [2.24, 2.45) is 0 Å². The Bertz CT molecular complexity index is 1010. The Morgan fingerprint density at radius 3 is 2.34 bits per heavy atom. The van der Waals surface area contributed by atoms with Crippen molar-refractivity contribution in [1.82, 2.24) is 0 Å². The Labute approximate surface area is 170 Å². The van der Waals surface area contributed by atoms with E-state index in [1.54, 1.807) is 67.8 Å². The number of carbonyl (C=O) groups is 2. The molecule has 5 heteroatoms. The van der Waals surface area contributed by atoms with Crippen LogP contribution in [0.1, 0.15) is 33.2 Å². The van der Waals surface area contributed by atoms with Gasteiger partial charge >= 0.3 is 5.97 Å². The molecule has 0 saturated carbocycles. The van der Waals surface area contributed by atoms with E-state index < -0.39 is 18.0 Å². The molecule has 3 aromatic rings. The van der Waals surface area contributed by atoms with Crippen molar-refractivity contribution < 1.29 is 19.1 Å². The van der Waals surface area contributed by atoms with E-state index in [4.69, 9.17) is 9.47 Å². The van der Waals surface area contributed by atoms with Gasteiger partial charge in [-0.25, -0.2) is 4.79 Å². The van der Waals surface area contributed by atoms with Crippen LogP contribution in [0.5, 0.6) is 5.75 Å². The van der Waals surface area contributed by atoms with Gasteiger partial charge in [-0.1, -0.05) is 48.5 Å². The summed E-state index contributed by atoms with van der Waals surface area (Å²) in [6.45, 7) is 3.79. The van der Waals surface area contributed by atoms with Crippen LogP contribution in [-0.4, -0.2) is 19.0 Å². The molecular weight excluding hydrogens is 366 g/mol. The largest absolute Gasteiger partial charge is 0.497 e. The predicted octanol–water partition coefficient (Wildman–Crippen LogP) is 4.85. The molecule has 0 aliphatic rings. The summed E-state index contributed by atoms with van der Waals surface area (Å²) in [4.78, 5) is 25.8. The number of methoxy groups -OCH3 is 1. The van der Waals surface area contributed by atoms with Crippen molar-refractivity contribution in [3.05, 3.63) is 95.1 Å². The second-order valence-electron chi connectivity index (χ2n) is 6.66. The molecular formula is C24H23NO4. The van der Waals surface area contributed by atoms with Crippen LogP contribution in [0.3, 0.4) is 0 Å². The number of benzene rings is 3. The summed E-state index contributed by atoms with van der Waals surface area (Å²) < 4.78 is 10.9. The summed E-state index contributed by atoms with van der Waals surface area (Å²) >= 11 is 0. The molecule has 1 amide bonds. The van der Waals surface area contributed by atoms with Crippen LogP contribution >= 0.6 is 0 Å². The Morgan fingerprint density at radius 1 is 0.897 bits per heavy atom. The van der Waals surface area contributed by atoms with Crippen molar-refractivity contribution in [2.45, 2.75) is 20.0 Å². The molecule has 0 spiro atoms. The molecule has 0 saturated heterocycles. The molecule has 5 nitrogen and oxygen atoms in total. The first kappa shape index (κ1) is 20.1. The van der Waals surface area contributed by atoms with Crippen molar-refractivity contribution in [2.75, 3.05) is 12.4 Å². The van der Waals surface area contributed by atoms with E-state index in [1.165, 1.54) is 0 Å². The summed E-state index contributed by atoms with van der Waals surface area (Å²) in [6.07, 6.45) is -1.09. The number of esters is 1. The smallest absolute Gasteiger partial charge is 0.339 e. The van der Waals surface area contributed by atoms with Crippen molar-refractivity contribution in [3.8, 4) is 5.75 Å². The molecule has 0 heterocycles. The molecule has 0 aliphatic carbocycles. The van der Waals surface area contributed by atoms with Gasteiger partial charge in [-0.3, -0.25) is 4.79 Å². The maximum atomic E-state index is 13.0. The molecule has 1 N–H and O–H groups in total. The number of ether oxygens (including phenoxy) is 2. The van der Waals surface area contributed by atoms with Gasteiger partial charge in [0.25, 0.3) is 5.91 Å². The molecule has 0 aliphatic heterocycles. The van der Waals surface area contributed by atoms with E-state index in [1.807, 2.05) is 26.0 Å². The third-order valence-electron chi connectivity index (χ3n) is 4.73. The first-order valence-corrected chi connectivity index (χ1v) is 9.26. The number of aryl methyl sites for hydroxylation is 1. The summed E-state index contributed by atoms with van der Waals surface area (Å²) in [7, 11) is 1.56. The molecule has 148 valence electrons. The summed E-state index contributed by atoms with van der Waals surface area (Å²) in [6, 6.07) is 21.4. The number of amides is 1. The highest BCUT2D eigenvalue weighted by molar-refractivity contribution is 5.98. The van der Waals surface area contributed by atoms with Crippen LogP contribution < -0.4 is 10.1 Å². The van der Waals surface area contributed by atoms with E-state index in [-0.39, 0.29) is 0 Å². The third kappa shape index (κ3) is 4.82. The van der Waals surface area contributed by atoms with Gasteiger partial charge < -0.3 is 14.8 Å². The number of nitrogens with one attached hydrogen (secondary N) is 1. The van der Waals surface area contributed by atoms with Gasteiger partial charge in [-0.2, -0.15) is 0 Å². The second-order valence-corrected chi connectivity index (χ2v) is 6.66. The maximum absolute atomic E-state index is 13.0. The number of hydrogen-bond acceptors (Lipinski definition) is 4. The molecule has 1 unspecified atom stereocenters. The highest BCUT2D eigenvalue weighted by Gasteiger charge is 2.26. The first-order valence-electron chi connectivity index (χ1n) is 9.26. The zero-order chi connectivity index (χ0) is 20.8. The van der Waals surface area contributed by atoms with E-state index in [0.717, 1.165) is 11.1 Å². The van der Waals surface area contributed by atoms with Crippen LogP contribution in [-0.2, 0) is 9.53 Å². The monoisotopic (exact) mass is 389 g/mol. The van der Waals surface area contributed by atoms with Gasteiger partial charge in [0.1, 0.15) is 5.75 Å². The molecule has 3 aromatic carbocycles. The Morgan fingerprint density at radius 2 is 1.62 bits per heavy atom. The predicted molar refractivity (Wildman–Crippen MR) is 112 cm³/mol. The fraction of sp³-hybridized carbons (Fsp3) is 0.167. The highest BCUT2D eigenvalue weighted by Crippen LogP contribution is 2.24. The van der Waals surface area contributed by atoms with Crippen LogP contribution in [0.15, 0.2) is 72.8 Å². The zero-order valence-electron chi connectivity index (χ0n) is 16.6. The van der Waals surface area contributed by atoms with Gasteiger partial charge in [0.05, 0.1) is 12.7 Å². The molecule has 3 rings (SSSR count). The van der Waals surface area contributed by atoms with Gasteiger partial charge in [0.15, 0.2) is 0 Å². The lowest BCUT2D eigenvalue weighted by molar-refractivity contribution is -0.125. The normalized spacial score (nSPS) is 11.4. The zero-order valence-corrected chi connectivity index (χ0v) is 16.6. The first-order chi connectivity index (χ1) is 14.0. The number of hydrogen-bond donors (Lipinski definition) is 1. The van der Waals surface area contributed by atoms with E-state index in [9.17, 15) is 9.59 Å². The minimum absolute atomic E-state index is 0.442. The topological polar surface area (TPSA) is 64.6 Å². The van der Waals surface area contributed by atoms with Gasteiger partial charge in [-0.05, 0) is 43.2 Å². The molecule has 0 aromatic heterocycles. The minimum Gasteiger partial charge on any atom is -0.497 e. The second kappa shape index (κ2) is 9.06. The van der Waals surface area contributed by atoms with Crippen LogP contribution in [0, 0.1) is 13.8 Å². The minimum atomic E-state index is -1.09. The Kier molecular flexibility index (Phi) is 6.29. The lowest BCUT2D eigenvalue weighted by Gasteiger charge is -2.19. The van der Waals surface area contributed by atoms with Crippen molar-refractivity contribution in [3.63, 3.8) is 0 Å². The van der Waals surface area contributed by atoms with Crippen LogP contribution in [0.2, 0.25) is 0 Å². The molecule has 0 radical (unpaired) electrons.